The van der Waals surface area contributed by atoms with E-state index in [4.69, 9.17) is 9.47 Å². The van der Waals surface area contributed by atoms with Gasteiger partial charge in [0.25, 0.3) is 0 Å². The summed E-state index contributed by atoms with van der Waals surface area (Å²) in [5.41, 5.74) is 0. The zero-order valence-electron chi connectivity index (χ0n) is 13.0. The molecule has 122 valence electrons. The van der Waals surface area contributed by atoms with Crippen LogP contribution in [-0.2, 0) is 19.6 Å². The van der Waals surface area contributed by atoms with Gasteiger partial charge in [-0.1, -0.05) is 6.92 Å². The Morgan fingerprint density at radius 3 is 2.10 bits per heavy atom. The molecule has 0 aliphatic carbocycles. The van der Waals surface area contributed by atoms with Crippen LogP contribution in [0.2, 0.25) is 0 Å². The summed E-state index contributed by atoms with van der Waals surface area (Å²) in [5, 5.41) is 0. The molecule has 7 heteroatoms. The molecule has 0 rings (SSSR count). The highest BCUT2D eigenvalue weighted by molar-refractivity contribution is 7.85. The van der Waals surface area contributed by atoms with Crippen LogP contribution in [0.3, 0.4) is 0 Å². The minimum Gasteiger partial charge on any atom is -0.748 e. The van der Waals surface area contributed by atoms with Gasteiger partial charge < -0.3 is 18.5 Å². The third kappa shape index (κ3) is 11.6. The van der Waals surface area contributed by atoms with Crippen molar-refractivity contribution >= 4 is 10.1 Å². The molecule has 0 aromatic rings. The first-order chi connectivity index (χ1) is 9.33. The van der Waals surface area contributed by atoms with Gasteiger partial charge in [-0.25, -0.2) is 8.42 Å². The van der Waals surface area contributed by atoms with Gasteiger partial charge in [-0.2, -0.15) is 0 Å². The molecule has 0 bridgehead atoms. The highest BCUT2D eigenvalue weighted by Gasteiger charge is 2.18. The van der Waals surface area contributed by atoms with Crippen LogP contribution in [0.4, 0.5) is 0 Å². The maximum absolute atomic E-state index is 10.6. The van der Waals surface area contributed by atoms with Gasteiger partial charge >= 0.3 is 0 Å². The molecule has 0 heterocycles. The molecule has 20 heavy (non-hydrogen) atoms. The average molecular weight is 311 g/mol. The summed E-state index contributed by atoms with van der Waals surface area (Å²) in [6.45, 7) is 9.05. The van der Waals surface area contributed by atoms with Crippen LogP contribution in [-0.4, -0.2) is 76.3 Å². The van der Waals surface area contributed by atoms with Gasteiger partial charge in [0.2, 0.25) is 0 Å². The Balaban J connectivity index is 3.77. The summed E-state index contributed by atoms with van der Waals surface area (Å²) in [6.07, 6.45) is 1.41. The number of likely N-dealkylation sites (N-methyl/N-ethyl adjacent to an activating group) is 1. The van der Waals surface area contributed by atoms with Gasteiger partial charge in [0, 0.05) is 18.8 Å². The van der Waals surface area contributed by atoms with E-state index in [1.54, 1.807) is 0 Å². The lowest BCUT2D eigenvalue weighted by atomic mass is 10.3. The molecule has 0 fully saturated rings. The first-order valence-electron chi connectivity index (χ1n) is 7.25. The van der Waals surface area contributed by atoms with E-state index < -0.39 is 10.1 Å². The van der Waals surface area contributed by atoms with Crippen molar-refractivity contribution in [3.63, 3.8) is 0 Å². The van der Waals surface area contributed by atoms with Gasteiger partial charge in [0.1, 0.15) is 6.54 Å². The van der Waals surface area contributed by atoms with Gasteiger partial charge in [0.05, 0.1) is 50.1 Å². The highest BCUT2D eigenvalue weighted by Crippen LogP contribution is 2.05. The molecule has 0 N–H and O–H groups in total. The monoisotopic (exact) mass is 311 g/mol. The molecule has 1 atom stereocenters. The second-order valence-electron chi connectivity index (χ2n) is 5.22. The fourth-order valence-corrected chi connectivity index (χ4v) is 2.28. The Bertz CT molecular complexity index is 334. The van der Waals surface area contributed by atoms with Crippen LogP contribution in [0.25, 0.3) is 0 Å². The summed E-state index contributed by atoms with van der Waals surface area (Å²) in [7, 11) is -2.05. The maximum Gasteiger partial charge on any atom is 0.102 e. The molecule has 0 spiro atoms. The van der Waals surface area contributed by atoms with Crippen molar-refractivity contribution in [1.82, 2.24) is 0 Å². The van der Waals surface area contributed by atoms with Crippen molar-refractivity contribution in [3.05, 3.63) is 0 Å². The predicted molar refractivity (Wildman–Crippen MR) is 77.6 cm³/mol. The summed E-state index contributed by atoms with van der Waals surface area (Å²) in [5.74, 6) is -0.285. The van der Waals surface area contributed by atoms with Crippen LogP contribution in [0.5, 0.6) is 0 Å². The summed E-state index contributed by atoms with van der Waals surface area (Å²) in [4.78, 5) is 0. The Morgan fingerprint density at radius 2 is 1.60 bits per heavy atom. The zero-order chi connectivity index (χ0) is 15.5. The number of rotatable bonds is 13. The molecule has 0 amide bonds. The molecule has 1 unspecified atom stereocenters. The third-order valence-electron chi connectivity index (χ3n) is 3.35. The van der Waals surface area contributed by atoms with Crippen molar-refractivity contribution in [2.24, 2.45) is 0 Å². The van der Waals surface area contributed by atoms with E-state index in [1.165, 1.54) is 0 Å². The number of nitrogens with zero attached hydrogens (tertiary/aromatic N) is 1. The van der Waals surface area contributed by atoms with Crippen LogP contribution >= 0.6 is 0 Å². The van der Waals surface area contributed by atoms with E-state index in [0.717, 1.165) is 26.1 Å². The molecular weight excluding hydrogens is 282 g/mol. The van der Waals surface area contributed by atoms with Gasteiger partial charge in [0.15, 0.2) is 0 Å². The molecule has 0 aliphatic rings. The number of ether oxygens (including phenoxy) is 2. The smallest absolute Gasteiger partial charge is 0.102 e. The SMILES string of the molecule is CCCOCCOCC[N+](C)(CC)CCCS(=O)(=O)[O-]. The molecule has 0 saturated carbocycles. The van der Waals surface area contributed by atoms with Gasteiger partial charge in [-0.3, -0.25) is 0 Å². The quantitative estimate of drug-likeness (QED) is 0.286. The van der Waals surface area contributed by atoms with Crippen LogP contribution in [0.15, 0.2) is 0 Å². The number of hydrogen-bond donors (Lipinski definition) is 0. The van der Waals surface area contributed by atoms with E-state index in [2.05, 4.69) is 13.8 Å². The summed E-state index contributed by atoms with van der Waals surface area (Å²) < 4.78 is 43.3. The Kier molecular flexibility index (Phi) is 10.4. The van der Waals surface area contributed by atoms with Crippen molar-refractivity contribution < 1.29 is 26.9 Å². The third-order valence-corrected chi connectivity index (χ3v) is 4.14. The van der Waals surface area contributed by atoms with Gasteiger partial charge in [-0.15, -0.1) is 0 Å². The standard InChI is InChI=1S/C13H29NO5S/c1-4-9-18-11-12-19-10-8-14(3,5-2)7-6-13-20(15,16)17/h4-13H2,1-3H3. The van der Waals surface area contributed by atoms with Crippen molar-refractivity contribution in [2.45, 2.75) is 26.7 Å². The van der Waals surface area contributed by atoms with Crippen molar-refractivity contribution in [2.75, 3.05) is 58.9 Å². The minimum absolute atomic E-state index is 0.285. The minimum atomic E-state index is -4.10. The second kappa shape index (κ2) is 10.5. The first kappa shape index (κ1) is 19.8. The van der Waals surface area contributed by atoms with E-state index in [1.807, 2.05) is 7.05 Å². The second-order valence-corrected chi connectivity index (χ2v) is 6.75. The molecule has 6 nitrogen and oxygen atoms in total. The van der Waals surface area contributed by atoms with E-state index in [0.29, 0.717) is 37.3 Å². The Morgan fingerprint density at radius 1 is 1.00 bits per heavy atom. The summed E-state index contributed by atoms with van der Waals surface area (Å²) >= 11 is 0. The lowest BCUT2D eigenvalue weighted by Crippen LogP contribution is -2.47. The summed E-state index contributed by atoms with van der Waals surface area (Å²) in [6, 6.07) is 0. The molecule has 0 radical (unpaired) electrons. The first-order valence-corrected chi connectivity index (χ1v) is 8.83. The lowest BCUT2D eigenvalue weighted by molar-refractivity contribution is -0.908. The molecular formula is C13H29NO5S. The zero-order valence-corrected chi connectivity index (χ0v) is 13.8. The van der Waals surface area contributed by atoms with E-state index in [-0.39, 0.29) is 5.75 Å². The normalized spacial score (nSPS) is 15.2. The van der Waals surface area contributed by atoms with Crippen LogP contribution in [0.1, 0.15) is 26.7 Å². The largest absolute Gasteiger partial charge is 0.748 e. The topological polar surface area (TPSA) is 75.7 Å². The van der Waals surface area contributed by atoms with E-state index >= 15 is 0 Å². The van der Waals surface area contributed by atoms with Crippen LogP contribution in [0, 0.1) is 0 Å². The van der Waals surface area contributed by atoms with E-state index in [9.17, 15) is 13.0 Å². The van der Waals surface area contributed by atoms with Crippen molar-refractivity contribution in [1.29, 1.82) is 0 Å². The maximum atomic E-state index is 10.6. The predicted octanol–water partition coefficient (Wildman–Crippen LogP) is 0.831. The molecule has 0 aliphatic heterocycles. The van der Waals surface area contributed by atoms with Crippen molar-refractivity contribution in [3.8, 4) is 0 Å². The average Bonchev–Trinajstić information content (AvgIpc) is 2.36. The lowest BCUT2D eigenvalue weighted by Gasteiger charge is -2.33. The molecule has 0 aromatic carbocycles. The van der Waals surface area contributed by atoms with Crippen LogP contribution < -0.4 is 0 Å². The molecule has 0 saturated heterocycles. The van der Waals surface area contributed by atoms with Gasteiger partial charge in [-0.05, 0) is 13.3 Å². The number of quaternary nitrogens is 1. The fraction of sp³-hybridized carbons (Fsp3) is 1.00. The molecule has 0 aromatic heterocycles. The number of hydrogen-bond acceptors (Lipinski definition) is 5. The highest BCUT2D eigenvalue weighted by atomic mass is 32.2. The Hall–Kier alpha value is -0.210. The Labute approximate surface area is 123 Å². The fourth-order valence-electron chi connectivity index (χ4n) is 1.80.